The molecule has 3 rings (SSSR count). The van der Waals surface area contributed by atoms with Gasteiger partial charge in [-0.1, -0.05) is 6.08 Å². The number of methoxy groups -OCH3 is 1. The number of carbonyl (C=O) groups is 1. The minimum absolute atomic E-state index is 0.128. The fourth-order valence-corrected chi connectivity index (χ4v) is 2.80. The van der Waals surface area contributed by atoms with Gasteiger partial charge in [0.05, 0.1) is 25.0 Å². The Morgan fingerprint density at radius 2 is 2.24 bits per heavy atom. The number of carbonyl (C=O) groups excluding carboxylic acids is 1. The van der Waals surface area contributed by atoms with Crippen molar-refractivity contribution in [2.24, 2.45) is 0 Å². The molecule has 1 aliphatic carbocycles. The summed E-state index contributed by atoms with van der Waals surface area (Å²) in [6.07, 6.45) is 5.33. The van der Waals surface area contributed by atoms with Crippen LogP contribution in [0.5, 0.6) is 5.75 Å². The van der Waals surface area contributed by atoms with Crippen LogP contribution in [0.3, 0.4) is 0 Å². The molecule has 3 N–H and O–H groups in total. The lowest BCUT2D eigenvalue weighted by molar-refractivity contribution is 0.0894. The molecule has 1 heterocycles. The predicted molar refractivity (Wildman–Crippen MR) is 92.8 cm³/mol. The first-order valence-corrected chi connectivity index (χ1v) is 8.07. The smallest absolute Gasteiger partial charge is 0.257 e. The Labute approximate surface area is 145 Å². The molecule has 0 fully saturated rings. The Balaban J connectivity index is 1.83. The molecule has 0 bridgehead atoms. The average molecular weight is 345 g/mol. The van der Waals surface area contributed by atoms with Crippen molar-refractivity contribution in [1.29, 1.82) is 0 Å². The number of halogens is 1. The molecule has 0 aliphatic heterocycles. The van der Waals surface area contributed by atoms with Gasteiger partial charge in [0.25, 0.3) is 5.91 Å². The first-order valence-electron chi connectivity index (χ1n) is 8.07. The summed E-state index contributed by atoms with van der Waals surface area (Å²) in [5, 5.41) is 2.71. The zero-order valence-corrected chi connectivity index (χ0v) is 14.1. The van der Waals surface area contributed by atoms with E-state index in [9.17, 15) is 9.18 Å². The van der Waals surface area contributed by atoms with Crippen molar-refractivity contribution in [1.82, 2.24) is 10.5 Å². The maximum absolute atomic E-state index is 13.8. The van der Waals surface area contributed by atoms with Gasteiger partial charge in [-0.2, -0.15) is 0 Å². The summed E-state index contributed by atoms with van der Waals surface area (Å²) in [6, 6.07) is 4.29. The quantitative estimate of drug-likeness (QED) is 0.703. The van der Waals surface area contributed by atoms with Crippen LogP contribution >= 0.6 is 0 Å². The lowest BCUT2D eigenvalue weighted by Gasteiger charge is -2.17. The van der Waals surface area contributed by atoms with E-state index in [0.29, 0.717) is 17.9 Å². The number of aromatic amines is 1. The molecule has 25 heavy (non-hydrogen) atoms. The second kappa shape index (κ2) is 7.40. The van der Waals surface area contributed by atoms with Crippen LogP contribution in [0.1, 0.15) is 35.0 Å². The Morgan fingerprint density at radius 3 is 2.96 bits per heavy atom. The number of hydrogen-bond donors (Lipinski definition) is 3. The van der Waals surface area contributed by atoms with E-state index in [1.807, 2.05) is 13.0 Å². The number of aryl methyl sites for hydroxylation is 1. The van der Waals surface area contributed by atoms with Gasteiger partial charge in [-0.05, 0) is 31.9 Å². The number of amides is 1. The van der Waals surface area contributed by atoms with Crippen LogP contribution in [0.15, 0.2) is 30.5 Å². The standard InChI is InChI=1S/C18H20FN3O3/c1-3-25-22-15-6-4-5-14-17(15)12(10-20-14)18(23)21-11-7-8-16(24-2)13(19)9-11/h6-10,20,22H,3-5H2,1-2H3,(H,21,23). The highest BCUT2D eigenvalue weighted by molar-refractivity contribution is 6.07. The number of allylic oxidation sites excluding steroid dienone is 1. The maximum Gasteiger partial charge on any atom is 0.257 e. The third-order valence-corrected chi connectivity index (χ3v) is 3.95. The minimum Gasteiger partial charge on any atom is -0.494 e. The first-order chi connectivity index (χ1) is 12.1. The lowest BCUT2D eigenvalue weighted by atomic mass is 9.98. The molecule has 0 spiro atoms. The average Bonchev–Trinajstić information content (AvgIpc) is 3.05. The van der Waals surface area contributed by atoms with Gasteiger partial charge in [-0.3, -0.25) is 15.1 Å². The molecule has 2 aromatic rings. The molecule has 1 aromatic carbocycles. The van der Waals surface area contributed by atoms with Crippen LogP contribution in [-0.2, 0) is 11.3 Å². The molecule has 7 heteroatoms. The largest absolute Gasteiger partial charge is 0.494 e. The third-order valence-electron chi connectivity index (χ3n) is 3.95. The van der Waals surface area contributed by atoms with E-state index in [-0.39, 0.29) is 11.7 Å². The topological polar surface area (TPSA) is 75.4 Å². The SMILES string of the molecule is CCONC1=CCCc2[nH]cc(C(=O)Nc3ccc(OC)c(F)c3)c21. The van der Waals surface area contributed by atoms with Gasteiger partial charge in [-0.25, -0.2) is 4.39 Å². The van der Waals surface area contributed by atoms with Gasteiger partial charge < -0.3 is 15.0 Å². The van der Waals surface area contributed by atoms with Crippen LogP contribution in [-0.4, -0.2) is 24.6 Å². The van der Waals surface area contributed by atoms with E-state index < -0.39 is 5.82 Å². The highest BCUT2D eigenvalue weighted by Gasteiger charge is 2.23. The van der Waals surface area contributed by atoms with Gasteiger partial charge in [0.15, 0.2) is 11.6 Å². The molecule has 1 aromatic heterocycles. The molecule has 0 saturated carbocycles. The highest BCUT2D eigenvalue weighted by atomic mass is 19.1. The number of H-pyrrole nitrogens is 1. The number of hydroxylamine groups is 1. The molecule has 0 unspecified atom stereocenters. The van der Waals surface area contributed by atoms with Crippen LogP contribution in [0, 0.1) is 5.82 Å². The van der Waals surface area contributed by atoms with E-state index >= 15 is 0 Å². The van der Waals surface area contributed by atoms with E-state index in [2.05, 4.69) is 15.8 Å². The normalized spacial score (nSPS) is 13.0. The Morgan fingerprint density at radius 1 is 1.40 bits per heavy atom. The number of ether oxygens (including phenoxy) is 1. The molecule has 1 aliphatic rings. The zero-order chi connectivity index (χ0) is 17.8. The zero-order valence-electron chi connectivity index (χ0n) is 14.1. The number of hydrogen-bond acceptors (Lipinski definition) is 4. The maximum atomic E-state index is 13.8. The Bertz CT molecular complexity index is 814. The van der Waals surface area contributed by atoms with E-state index in [1.54, 1.807) is 12.3 Å². The predicted octanol–water partition coefficient (Wildman–Crippen LogP) is 3.24. The van der Waals surface area contributed by atoms with Crippen molar-refractivity contribution >= 4 is 17.3 Å². The first kappa shape index (κ1) is 17.0. The van der Waals surface area contributed by atoms with Gasteiger partial charge in [0.2, 0.25) is 0 Å². The molecule has 0 radical (unpaired) electrons. The summed E-state index contributed by atoms with van der Waals surface area (Å²) < 4.78 is 18.7. The number of anilines is 1. The molecule has 1 amide bonds. The third kappa shape index (κ3) is 3.51. The van der Waals surface area contributed by atoms with Crippen molar-refractivity contribution in [2.75, 3.05) is 19.0 Å². The number of fused-ring (bicyclic) bond motifs is 1. The molecular formula is C18H20FN3O3. The summed E-state index contributed by atoms with van der Waals surface area (Å²) in [5.74, 6) is -0.730. The van der Waals surface area contributed by atoms with Crippen molar-refractivity contribution in [2.45, 2.75) is 19.8 Å². The van der Waals surface area contributed by atoms with Crippen molar-refractivity contribution < 1.29 is 18.8 Å². The molecule has 0 saturated heterocycles. The van der Waals surface area contributed by atoms with Crippen molar-refractivity contribution in [3.63, 3.8) is 0 Å². The van der Waals surface area contributed by atoms with E-state index in [4.69, 9.17) is 9.57 Å². The number of rotatable bonds is 6. The second-order valence-corrected chi connectivity index (χ2v) is 5.55. The number of benzene rings is 1. The number of aromatic nitrogens is 1. The summed E-state index contributed by atoms with van der Waals surface area (Å²) in [6.45, 7) is 2.38. The molecule has 0 atom stereocenters. The Hall–Kier alpha value is -2.80. The summed E-state index contributed by atoms with van der Waals surface area (Å²) in [4.78, 5) is 21.1. The fraction of sp³-hybridized carbons (Fsp3) is 0.278. The lowest BCUT2D eigenvalue weighted by Crippen LogP contribution is -2.20. The van der Waals surface area contributed by atoms with Crippen LogP contribution in [0.4, 0.5) is 10.1 Å². The van der Waals surface area contributed by atoms with Gasteiger partial charge in [-0.15, -0.1) is 0 Å². The van der Waals surface area contributed by atoms with Crippen molar-refractivity contribution in [3.8, 4) is 5.75 Å². The molecule has 6 nitrogen and oxygen atoms in total. The minimum atomic E-state index is -0.532. The van der Waals surface area contributed by atoms with E-state index in [1.165, 1.54) is 19.2 Å². The summed E-state index contributed by atoms with van der Waals surface area (Å²) in [5.41, 5.74) is 6.23. The monoisotopic (exact) mass is 345 g/mol. The summed E-state index contributed by atoms with van der Waals surface area (Å²) in [7, 11) is 1.39. The van der Waals surface area contributed by atoms with Gasteiger partial charge in [0, 0.05) is 29.2 Å². The van der Waals surface area contributed by atoms with Crippen LogP contribution in [0.25, 0.3) is 5.70 Å². The molecular weight excluding hydrogens is 325 g/mol. The number of nitrogens with one attached hydrogen (secondary N) is 3. The molecule has 132 valence electrons. The second-order valence-electron chi connectivity index (χ2n) is 5.55. The van der Waals surface area contributed by atoms with E-state index in [0.717, 1.165) is 29.8 Å². The van der Waals surface area contributed by atoms with Gasteiger partial charge >= 0.3 is 0 Å². The fourth-order valence-electron chi connectivity index (χ4n) is 2.80. The van der Waals surface area contributed by atoms with Crippen molar-refractivity contribution in [3.05, 3.63) is 53.1 Å². The Kier molecular flexibility index (Phi) is 5.04. The van der Waals surface area contributed by atoms with Crippen LogP contribution < -0.4 is 15.5 Å². The highest BCUT2D eigenvalue weighted by Crippen LogP contribution is 2.29. The van der Waals surface area contributed by atoms with Gasteiger partial charge in [0.1, 0.15) is 0 Å². The summed E-state index contributed by atoms with van der Waals surface area (Å²) >= 11 is 0. The van der Waals surface area contributed by atoms with Crippen LogP contribution in [0.2, 0.25) is 0 Å².